The van der Waals surface area contributed by atoms with Crippen LogP contribution in [0.2, 0.25) is 0 Å². The zero-order valence-electron chi connectivity index (χ0n) is 16.0. The monoisotopic (exact) mass is 442 g/mol. The molecule has 4 unspecified atom stereocenters. The number of aliphatic carboxylic acids is 1. The van der Waals surface area contributed by atoms with Gasteiger partial charge in [0.15, 0.2) is 0 Å². The highest BCUT2D eigenvalue weighted by Crippen LogP contribution is 2.04. The van der Waals surface area contributed by atoms with Crippen molar-refractivity contribution in [2.75, 3.05) is 19.0 Å². The number of aliphatic hydroxyl groups is 2. The van der Waals surface area contributed by atoms with Gasteiger partial charge in [-0.3, -0.25) is 14.4 Å². The lowest BCUT2D eigenvalue weighted by Gasteiger charge is -2.23. The summed E-state index contributed by atoms with van der Waals surface area (Å²) in [5.41, 5.74) is 6.04. The van der Waals surface area contributed by atoms with Gasteiger partial charge in [-0.05, 0) is 5.56 Å². The summed E-state index contributed by atoms with van der Waals surface area (Å²) in [6.07, 6.45) is 0.00236. The summed E-state index contributed by atoms with van der Waals surface area (Å²) in [5, 5.41) is 34.5. The minimum absolute atomic E-state index is 0.00236. The quantitative estimate of drug-likeness (QED) is 0.157. The van der Waals surface area contributed by atoms with E-state index in [1.165, 1.54) is 0 Å². The van der Waals surface area contributed by atoms with E-state index in [1.54, 1.807) is 30.3 Å². The molecule has 0 radical (unpaired) electrons. The van der Waals surface area contributed by atoms with Gasteiger partial charge in [-0.1, -0.05) is 30.3 Å². The Balaban J connectivity index is 2.76. The molecule has 4 atom stereocenters. The molecule has 0 aromatic heterocycles. The number of benzene rings is 1. The number of carbonyl (C=O) groups is 4. The van der Waals surface area contributed by atoms with Crippen molar-refractivity contribution in [3.63, 3.8) is 0 Å². The Morgan fingerprint density at radius 1 is 0.867 bits per heavy atom. The molecule has 0 aliphatic carbocycles. The van der Waals surface area contributed by atoms with Crippen molar-refractivity contribution in [2.24, 2.45) is 5.73 Å². The van der Waals surface area contributed by atoms with Crippen LogP contribution in [-0.2, 0) is 25.6 Å². The van der Waals surface area contributed by atoms with Crippen molar-refractivity contribution in [3.05, 3.63) is 35.9 Å². The first kappa shape index (κ1) is 25.4. The van der Waals surface area contributed by atoms with E-state index in [2.05, 4.69) is 28.6 Å². The van der Waals surface area contributed by atoms with Crippen LogP contribution in [0.3, 0.4) is 0 Å². The average Bonchev–Trinajstić information content (AvgIpc) is 2.74. The van der Waals surface area contributed by atoms with Gasteiger partial charge < -0.3 is 37.0 Å². The third-order valence-corrected chi connectivity index (χ3v) is 4.43. The van der Waals surface area contributed by atoms with Crippen LogP contribution >= 0.6 is 12.6 Å². The van der Waals surface area contributed by atoms with Crippen LogP contribution in [0.15, 0.2) is 30.3 Å². The molecule has 1 aromatic carbocycles. The first-order chi connectivity index (χ1) is 14.2. The van der Waals surface area contributed by atoms with Gasteiger partial charge in [0.1, 0.15) is 24.2 Å². The molecule has 0 spiro atoms. The summed E-state index contributed by atoms with van der Waals surface area (Å²) in [5.74, 6) is -3.99. The van der Waals surface area contributed by atoms with Crippen LogP contribution < -0.4 is 21.7 Å². The highest BCUT2D eigenvalue weighted by atomic mass is 32.1. The zero-order valence-corrected chi connectivity index (χ0v) is 16.9. The molecule has 1 rings (SSSR count). The Hall–Kier alpha value is -2.67. The van der Waals surface area contributed by atoms with Crippen molar-refractivity contribution in [1.82, 2.24) is 16.0 Å². The number of carboxylic acids is 1. The van der Waals surface area contributed by atoms with E-state index < -0.39 is 61.1 Å². The summed E-state index contributed by atoms with van der Waals surface area (Å²) in [4.78, 5) is 47.9. The van der Waals surface area contributed by atoms with Crippen LogP contribution in [0.4, 0.5) is 0 Å². The van der Waals surface area contributed by atoms with Crippen molar-refractivity contribution < 1.29 is 34.5 Å². The maximum absolute atomic E-state index is 12.4. The first-order valence-electron chi connectivity index (χ1n) is 8.99. The fourth-order valence-electron chi connectivity index (χ4n) is 2.34. The van der Waals surface area contributed by atoms with Crippen LogP contribution in [0, 0.1) is 0 Å². The number of thiol groups is 1. The van der Waals surface area contributed by atoms with E-state index in [4.69, 9.17) is 10.8 Å². The fraction of sp³-hybridized carbons (Fsp3) is 0.444. The lowest BCUT2D eigenvalue weighted by atomic mass is 10.1. The maximum atomic E-state index is 12.4. The predicted octanol–water partition coefficient (Wildman–Crippen LogP) is -2.99. The lowest BCUT2D eigenvalue weighted by molar-refractivity contribution is -0.142. The van der Waals surface area contributed by atoms with E-state index in [-0.39, 0.29) is 12.2 Å². The second-order valence-electron chi connectivity index (χ2n) is 6.37. The van der Waals surface area contributed by atoms with E-state index in [9.17, 15) is 29.4 Å². The highest BCUT2D eigenvalue weighted by molar-refractivity contribution is 7.80. The van der Waals surface area contributed by atoms with Gasteiger partial charge >= 0.3 is 5.97 Å². The predicted molar refractivity (Wildman–Crippen MR) is 110 cm³/mol. The van der Waals surface area contributed by atoms with Gasteiger partial charge in [-0.2, -0.15) is 12.6 Å². The average molecular weight is 442 g/mol. The Labute approximate surface area is 178 Å². The number of rotatable bonds is 12. The standard InChI is InChI=1S/C18H26N4O7S/c19-11(7-23)15(25)22-14(9-30)17(27)21-13(8-24)16(26)20-12(18(28)29)6-10-4-2-1-3-5-10/h1-5,11-14,23-24,30H,6-9,19H2,(H,20,26)(H,21,27)(H,22,25)(H,28,29). The van der Waals surface area contributed by atoms with Crippen molar-refractivity contribution >= 4 is 36.3 Å². The number of carboxylic acid groups (broad SMARTS) is 1. The molecule has 0 heterocycles. The Morgan fingerprint density at radius 3 is 1.90 bits per heavy atom. The van der Waals surface area contributed by atoms with Gasteiger partial charge in [-0.15, -0.1) is 0 Å². The van der Waals surface area contributed by atoms with Crippen molar-refractivity contribution in [3.8, 4) is 0 Å². The molecule has 11 nitrogen and oxygen atoms in total. The van der Waals surface area contributed by atoms with E-state index in [0.717, 1.165) is 0 Å². The second kappa shape index (κ2) is 12.8. The molecule has 0 bridgehead atoms. The molecular weight excluding hydrogens is 416 g/mol. The number of hydrogen-bond donors (Lipinski definition) is 8. The number of carbonyl (C=O) groups excluding carboxylic acids is 3. The molecule has 8 N–H and O–H groups in total. The molecule has 0 aliphatic heterocycles. The van der Waals surface area contributed by atoms with Crippen molar-refractivity contribution in [2.45, 2.75) is 30.6 Å². The minimum atomic E-state index is -1.46. The van der Waals surface area contributed by atoms with Crippen molar-refractivity contribution in [1.29, 1.82) is 0 Å². The maximum Gasteiger partial charge on any atom is 0.326 e. The molecule has 3 amide bonds. The normalized spacial score (nSPS) is 14.7. The third-order valence-electron chi connectivity index (χ3n) is 4.06. The molecule has 0 aliphatic rings. The van der Waals surface area contributed by atoms with Gasteiger partial charge in [0, 0.05) is 12.2 Å². The molecule has 0 saturated heterocycles. The summed E-state index contributed by atoms with van der Waals surface area (Å²) >= 11 is 3.95. The molecule has 12 heteroatoms. The van der Waals surface area contributed by atoms with Gasteiger partial charge in [0.2, 0.25) is 17.7 Å². The number of hydrogen-bond acceptors (Lipinski definition) is 8. The largest absolute Gasteiger partial charge is 0.480 e. The number of aliphatic hydroxyl groups excluding tert-OH is 2. The van der Waals surface area contributed by atoms with Crippen LogP contribution in [0.1, 0.15) is 5.56 Å². The van der Waals surface area contributed by atoms with Crippen LogP contribution in [0.5, 0.6) is 0 Å². The van der Waals surface area contributed by atoms with Gasteiger partial charge in [-0.25, -0.2) is 4.79 Å². The van der Waals surface area contributed by atoms with E-state index in [0.29, 0.717) is 5.56 Å². The molecule has 1 aromatic rings. The molecular formula is C18H26N4O7S. The van der Waals surface area contributed by atoms with Crippen LogP contribution in [-0.4, -0.2) is 82.1 Å². The minimum Gasteiger partial charge on any atom is -0.480 e. The Morgan fingerprint density at radius 2 is 1.40 bits per heavy atom. The zero-order chi connectivity index (χ0) is 22.7. The van der Waals surface area contributed by atoms with E-state index >= 15 is 0 Å². The van der Waals surface area contributed by atoms with Crippen LogP contribution in [0.25, 0.3) is 0 Å². The summed E-state index contributed by atoms with van der Waals surface area (Å²) in [6, 6.07) is 3.43. The van der Waals surface area contributed by atoms with Gasteiger partial charge in [0.25, 0.3) is 0 Å². The third kappa shape index (κ3) is 7.99. The smallest absolute Gasteiger partial charge is 0.326 e. The van der Waals surface area contributed by atoms with E-state index in [1.807, 2.05) is 0 Å². The summed E-state index contributed by atoms with van der Waals surface area (Å²) in [6.45, 7) is -1.44. The summed E-state index contributed by atoms with van der Waals surface area (Å²) < 4.78 is 0. The second-order valence-corrected chi connectivity index (χ2v) is 6.73. The molecule has 166 valence electrons. The first-order valence-corrected chi connectivity index (χ1v) is 9.62. The Bertz CT molecular complexity index is 735. The topological polar surface area (TPSA) is 191 Å². The fourth-order valence-corrected chi connectivity index (χ4v) is 2.60. The van der Waals surface area contributed by atoms with Gasteiger partial charge in [0.05, 0.1) is 13.2 Å². The number of nitrogens with two attached hydrogens (primary N) is 1. The molecule has 30 heavy (non-hydrogen) atoms. The summed E-state index contributed by atoms with van der Waals surface area (Å²) in [7, 11) is 0. The number of nitrogens with one attached hydrogen (secondary N) is 3. The molecule has 0 fully saturated rings. The Kier molecular flexibility index (Phi) is 10.8. The highest BCUT2D eigenvalue weighted by Gasteiger charge is 2.29. The SMILES string of the molecule is NC(CO)C(=O)NC(CS)C(=O)NC(CO)C(=O)NC(Cc1ccccc1)C(=O)O. The lowest BCUT2D eigenvalue weighted by Crippen LogP contribution is -2.59. The number of amides is 3. The molecule has 0 saturated carbocycles.